The number of hydrogen-bond acceptors (Lipinski definition) is 5. The molecule has 0 aliphatic heterocycles. The van der Waals surface area contributed by atoms with Crippen molar-refractivity contribution in [3.8, 4) is 0 Å². The van der Waals surface area contributed by atoms with E-state index < -0.39 is 71.3 Å². The number of amides is 1. The molecule has 2 aromatic carbocycles. The second-order valence-electron chi connectivity index (χ2n) is 8.74. The lowest BCUT2D eigenvalue weighted by molar-refractivity contribution is 0.000541. The zero-order chi connectivity index (χ0) is 33.4. The van der Waals surface area contributed by atoms with Crippen LogP contribution >= 0.6 is 0 Å². The van der Waals surface area contributed by atoms with E-state index in [1.165, 1.54) is 20.8 Å². The first-order valence-electron chi connectivity index (χ1n) is 14.9. The van der Waals surface area contributed by atoms with Crippen LogP contribution in [0.25, 0.3) is 0 Å². The van der Waals surface area contributed by atoms with Gasteiger partial charge in [0, 0.05) is 36.6 Å². The van der Waals surface area contributed by atoms with Crippen molar-refractivity contribution >= 4 is 21.8 Å². The van der Waals surface area contributed by atoms with Gasteiger partial charge in [-0.15, -0.1) is 0 Å². The average molecular weight is 501 g/mol. The molecule has 0 bridgehead atoms. The number of nitrogen functional groups attached to an aromatic ring is 1. The molecule has 0 aliphatic rings. The highest BCUT2D eigenvalue weighted by Crippen LogP contribution is 2.25. The van der Waals surface area contributed by atoms with Crippen molar-refractivity contribution in [2.75, 3.05) is 18.8 Å². The maximum absolute atomic E-state index is 14.0. The maximum Gasteiger partial charge on any atom is 0.408 e. The van der Waals surface area contributed by atoms with Crippen molar-refractivity contribution in [3.63, 3.8) is 0 Å². The van der Waals surface area contributed by atoms with Gasteiger partial charge in [0.1, 0.15) is 0 Å². The van der Waals surface area contributed by atoms with Gasteiger partial charge in [0.2, 0.25) is 10.0 Å². The Morgan fingerprint density at radius 1 is 1.15 bits per heavy atom. The zero-order valence-corrected chi connectivity index (χ0v) is 20.1. The summed E-state index contributed by atoms with van der Waals surface area (Å²) in [5.41, 5.74) is 5.12. The van der Waals surface area contributed by atoms with E-state index in [0.717, 1.165) is 29.2 Å². The normalized spacial score (nSPS) is 19.6. The number of anilines is 1. The number of nitrogens with two attached hydrogens (primary N) is 1. The SMILES string of the molecule is [2H]C([2H])([2H])C([2H])(C([2H])([2H])[2H])C([2H])([2H])N(C[C@@H](O)[C@H](Cc1ccccc1)N(C(=O)O)C(C)(C)C)S(=O)(=O)c1ccc(N)cc1. The monoisotopic (exact) mass is 500 g/mol. The molecule has 4 N–H and O–H groups in total. The molecule has 2 rings (SSSR count). The standard InChI is InChI=1S/C25H37N3O5S/c1-18(2)16-27(34(32,33)21-13-11-20(26)12-14-21)17-23(29)22(15-19-9-7-6-8-10-19)28(24(30)31)25(3,4)5/h6-14,18,22-23,29H,15-17,26H2,1-5H3,(H,30,31)/t22-,23+/m0/s1/i1D3,2D3,16D2,18D. The molecule has 0 radical (unpaired) electrons. The van der Waals surface area contributed by atoms with Crippen molar-refractivity contribution in [2.45, 2.75) is 63.5 Å². The lowest BCUT2D eigenvalue weighted by atomic mass is 9.94. The van der Waals surface area contributed by atoms with Gasteiger partial charge in [-0.25, -0.2) is 13.2 Å². The third kappa shape index (κ3) is 7.19. The van der Waals surface area contributed by atoms with Crippen LogP contribution in [-0.4, -0.2) is 64.7 Å². The van der Waals surface area contributed by atoms with Gasteiger partial charge in [-0.2, -0.15) is 4.31 Å². The summed E-state index contributed by atoms with van der Waals surface area (Å²) < 4.78 is 101. The Bertz CT molecular complexity index is 1350. The molecule has 2 atom stereocenters. The van der Waals surface area contributed by atoms with Gasteiger partial charge in [0.15, 0.2) is 0 Å². The van der Waals surface area contributed by atoms with Gasteiger partial charge >= 0.3 is 6.09 Å². The summed E-state index contributed by atoms with van der Waals surface area (Å²) in [5.74, 6) is -4.06. The molecule has 188 valence electrons. The molecule has 0 fully saturated rings. The fourth-order valence-corrected chi connectivity index (χ4v) is 4.86. The van der Waals surface area contributed by atoms with E-state index in [1.807, 2.05) is 0 Å². The number of hydrogen-bond donors (Lipinski definition) is 3. The summed E-state index contributed by atoms with van der Waals surface area (Å²) in [4.78, 5) is 12.7. The highest BCUT2D eigenvalue weighted by Gasteiger charge is 2.39. The highest BCUT2D eigenvalue weighted by molar-refractivity contribution is 7.89. The van der Waals surface area contributed by atoms with E-state index in [4.69, 9.17) is 18.1 Å². The molecule has 0 unspecified atom stereocenters. The molecule has 0 saturated heterocycles. The second-order valence-corrected chi connectivity index (χ2v) is 10.6. The van der Waals surface area contributed by atoms with Crippen molar-refractivity contribution in [1.29, 1.82) is 0 Å². The number of benzene rings is 2. The average Bonchev–Trinajstić information content (AvgIpc) is 2.84. The van der Waals surface area contributed by atoms with Crippen LogP contribution < -0.4 is 5.73 Å². The number of aliphatic hydroxyl groups is 1. The van der Waals surface area contributed by atoms with Crippen molar-refractivity contribution in [2.24, 2.45) is 5.89 Å². The van der Waals surface area contributed by atoms with Gasteiger partial charge in [-0.3, -0.25) is 4.90 Å². The highest BCUT2D eigenvalue weighted by atomic mass is 32.2. The van der Waals surface area contributed by atoms with Gasteiger partial charge in [0.25, 0.3) is 0 Å². The van der Waals surface area contributed by atoms with Crippen LogP contribution in [-0.2, 0) is 16.4 Å². The first-order chi connectivity index (χ1) is 19.3. The summed E-state index contributed by atoms with van der Waals surface area (Å²) in [6.07, 6.45) is -3.73. The molecule has 0 aliphatic carbocycles. The Kier molecular flexibility index (Phi) is 5.57. The molecule has 0 spiro atoms. The topological polar surface area (TPSA) is 124 Å². The van der Waals surface area contributed by atoms with E-state index >= 15 is 0 Å². The van der Waals surface area contributed by atoms with Crippen molar-refractivity contribution in [3.05, 3.63) is 60.2 Å². The van der Waals surface area contributed by atoms with Crippen LogP contribution in [0.2, 0.25) is 0 Å². The molecular formula is C25H37N3O5S. The van der Waals surface area contributed by atoms with Crippen molar-refractivity contribution < 1.29 is 35.8 Å². The zero-order valence-electron chi connectivity index (χ0n) is 28.3. The number of carboxylic acid groups (broad SMARTS) is 1. The first-order valence-corrected chi connectivity index (χ1v) is 11.9. The summed E-state index contributed by atoms with van der Waals surface area (Å²) >= 11 is 0. The molecule has 0 aromatic heterocycles. The predicted octanol–water partition coefficient (Wildman–Crippen LogP) is 3.67. The molecule has 0 heterocycles. The van der Waals surface area contributed by atoms with Crippen LogP contribution in [0.15, 0.2) is 59.5 Å². The number of carbonyl (C=O) groups is 1. The van der Waals surface area contributed by atoms with E-state index in [9.17, 15) is 23.4 Å². The summed E-state index contributed by atoms with van der Waals surface area (Å²) in [6.45, 7) is -8.57. The maximum atomic E-state index is 14.0. The summed E-state index contributed by atoms with van der Waals surface area (Å²) in [5, 5.41) is 21.7. The molecule has 2 aromatic rings. The lowest BCUT2D eigenvalue weighted by Crippen LogP contribution is -2.58. The number of rotatable bonds is 10. The number of nitrogens with zero attached hydrogens (tertiary/aromatic N) is 2. The minimum Gasteiger partial charge on any atom is -0.465 e. The van der Waals surface area contributed by atoms with Gasteiger partial charge < -0.3 is 15.9 Å². The first kappa shape index (κ1) is 16.9. The Morgan fingerprint density at radius 3 is 2.24 bits per heavy atom. The number of sulfonamides is 1. The minimum absolute atomic E-state index is 0.124. The molecule has 8 nitrogen and oxygen atoms in total. The lowest BCUT2D eigenvalue weighted by Gasteiger charge is -2.42. The smallest absolute Gasteiger partial charge is 0.408 e. The van der Waals surface area contributed by atoms with Crippen LogP contribution in [0.5, 0.6) is 0 Å². The van der Waals surface area contributed by atoms with Gasteiger partial charge in [-0.1, -0.05) is 44.0 Å². The molecule has 1 amide bonds. The van der Waals surface area contributed by atoms with Crippen LogP contribution in [0, 0.1) is 5.89 Å². The van der Waals surface area contributed by atoms with Crippen LogP contribution in [0.3, 0.4) is 0 Å². The quantitative estimate of drug-likeness (QED) is 0.428. The Labute approximate surface area is 215 Å². The predicted molar refractivity (Wildman–Crippen MR) is 134 cm³/mol. The Morgan fingerprint density at radius 2 is 1.74 bits per heavy atom. The Balaban J connectivity index is 2.86. The van der Waals surface area contributed by atoms with Crippen LogP contribution in [0.1, 0.15) is 52.4 Å². The van der Waals surface area contributed by atoms with Crippen molar-refractivity contribution in [1.82, 2.24) is 9.21 Å². The molecular weight excluding hydrogens is 454 g/mol. The summed E-state index contributed by atoms with van der Waals surface area (Å²) in [7, 11) is -5.21. The fourth-order valence-electron chi connectivity index (χ4n) is 3.57. The molecule has 9 heteroatoms. The fraction of sp³-hybridized carbons (Fsp3) is 0.480. The van der Waals surface area contributed by atoms with E-state index in [2.05, 4.69) is 0 Å². The Hall–Kier alpha value is -2.62. The molecule has 0 saturated carbocycles. The van der Waals surface area contributed by atoms with E-state index in [1.54, 1.807) is 30.3 Å². The van der Waals surface area contributed by atoms with E-state index in [-0.39, 0.29) is 16.4 Å². The van der Waals surface area contributed by atoms with Gasteiger partial charge in [0.05, 0.1) is 17.0 Å². The second kappa shape index (κ2) is 11.2. The van der Waals surface area contributed by atoms with Gasteiger partial charge in [-0.05, 0) is 62.9 Å². The summed E-state index contributed by atoms with van der Waals surface area (Å²) in [6, 6.07) is 11.1. The number of aliphatic hydroxyl groups excluding tert-OH is 1. The minimum atomic E-state index is -5.21. The molecule has 34 heavy (non-hydrogen) atoms. The third-order valence-electron chi connectivity index (χ3n) is 5.05. The van der Waals surface area contributed by atoms with E-state index in [0.29, 0.717) is 5.56 Å². The largest absolute Gasteiger partial charge is 0.465 e. The third-order valence-corrected chi connectivity index (χ3v) is 6.74. The van der Waals surface area contributed by atoms with Crippen LogP contribution in [0.4, 0.5) is 10.5 Å².